The van der Waals surface area contributed by atoms with Crippen LogP contribution in [0.15, 0.2) is 189 Å². The van der Waals surface area contributed by atoms with Crippen molar-refractivity contribution in [2.24, 2.45) is 0 Å². The number of carbonyl (C=O) groups is 1. The number of benzene rings is 7. The summed E-state index contributed by atoms with van der Waals surface area (Å²) in [5, 5.41) is 0. The zero-order valence-electron chi connectivity index (χ0n) is 34.0. The molecule has 8 heteroatoms. The summed E-state index contributed by atoms with van der Waals surface area (Å²) in [6.45, 7) is 5.81. The van der Waals surface area contributed by atoms with Crippen LogP contribution in [0, 0.1) is 0 Å². The van der Waals surface area contributed by atoms with E-state index in [1.807, 2.05) is 158 Å². The van der Waals surface area contributed by atoms with Crippen LogP contribution in [0.4, 0.5) is 0 Å². The third-order valence-corrected chi connectivity index (χ3v) is 9.35. The first-order valence-electron chi connectivity index (χ1n) is 20.2. The molecule has 0 saturated heterocycles. The van der Waals surface area contributed by atoms with E-state index in [-0.39, 0.29) is 25.4 Å². The number of hydrogen-bond acceptors (Lipinski definition) is 8. The van der Waals surface area contributed by atoms with E-state index in [2.05, 4.69) is 6.58 Å². The van der Waals surface area contributed by atoms with E-state index in [1.54, 1.807) is 24.3 Å². The first-order valence-corrected chi connectivity index (χ1v) is 20.2. The van der Waals surface area contributed by atoms with Gasteiger partial charge >= 0.3 is 5.97 Å². The Morgan fingerprint density at radius 3 is 0.951 bits per heavy atom. The fourth-order valence-corrected chi connectivity index (χ4v) is 6.23. The van der Waals surface area contributed by atoms with Gasteiger partial charge in [0.05, 0.1) is 12.2 Å². The van der Waals surface area contributed by atoms with Crippen LogP contribution >= 0.6 is 0 Å². The lowest BCUT2D eigenvalue weighted by Crippen LogP contribution is -2.08. The van der Waals surface area contributed by atoms with Crippen LogP contribution in [0.25, 0.3) is 0 Å². The molecule has 0 bridgehead atoms. The Hall–Kier alpha value is -7.45. The Labute approximate surface area is 357 Å². The van der Waals surface area contributed by atoms with Crippen molar-refractivity contribution in [1.29, 1.82) is 0 Å². The van der Waals surface area contributed by atoms with E-state index in [1.165, 1.54) is 0 Å². The number of carbonyl (C=O) groups excluding carboxylic acids is 1. The summed E-state index contributed by atoms with van der Waals surface area (Å²) in [5.74, 6) is 2.89. The molecule has 0 aliphatic rings. The van der Waals surface area contributed by atoms with Crippen LogP contribution in [0.1, 0.15) is 50.2 Å². The molecule has 7 aromatic carbocycles. The largest absolute Gasteiger partial charge is 0.489 e. The highest BCUT2D eigenvalue weighted by Crippen LogP contribution is 2.30. The molecule has 0 fully saturated rings. The molecule has 0 radical (unpaired) electrons. The topological polar surface area (TPSA) is 81.7 Å². The van der Waals surface area contributed by atoms with Gasteiger partial charge in [-0.15, -0.1) is 6.58 Å². The molecule has 7 rings (SSSR count). The van der Waals surface area contributed by atoms with E-state index in [0.717, 1.165) is 33.4 Å². The maximum absolute atomic E-state index is 13.3. The molecule has 0 atom stereocenters. The molecule has 308 valence electrons. The van der Waals surface area contributed by atoms with Crippen LogP contribution in [0.2, 0.25) is 0 Å². The summed E-state index contributed by atoms with van der Waals surface area (Å²) < 4.78 is 43.1. The third-order valence-electron chi connectivity index (χ3n) is 9.35. The maximum atomic E-state index is 13.3. The van der Waals surface area contributed by atoms with Gasteiger partial charge in [-0.05, 0) is 76.2 Å². The average molecular weight is 813 g/mol. The second-order valence-electron chi connectivity index (χ2n) is 14.2. The molecule has 0 heterocycles. The highest BCUT2D eigenvalue weighted by molar-refractivity contribution is 5.90. The Bertz CT molecular complexity index is 2160. The van der Waals surface area contributed by atoms with Gasteiger partial charge in [0.2, 0.25) is 0 Å². The Kier molecular flexibility index (Phi) is 15.1. The normalized spacial score (nSPS) is 10.6. The number of rotatable bonds is 22. The minimum absolute atomic E-state index is 0.154. The van der Waals surface area contributed by atoms with Gasteiger partial charge in [-0.25, -0.2) is 4.79 Å². The highest BCUT2D eigenvalue weighted by atomic mass is 16.5. The molecule has 0 aromatic heterocycles. The van der Waals surface area contributed by atoms with E-state index in [0.29, 0.717) is 67.3 Å². The molecule has 0 aliphatic carbocycles. The Morgan fingerprint density at radius 2 is 0.656 bits per heavy atom. The molecule has 0 amide bonds. The lowest BCUT2D eigenvalue weighted by molar-refractivity contribution is 0.0510. The first-order chi connectivity index (χ1) is 30.0. The average Bonchev–Trinajstić information content (AvgIpc) is 3.31. The predicted octanol–water partition coefficient (Wildman–Crippen LogP) is 11.9. The molecule has 0 spiro atoms. The summed E-state index contributed by atoms with van der Waals surface area (Å²) in [7, 11) is 0. The smallest absolute Gasteiger partial charge is 0.338 e. The van der Waals surface area contributed by atoms with Crippen LogP contribution in [-0.2, 0) is 44.4 Å². The van der Waals surface area contributed by atoms with Gasteiger partial charge in [0.15, 0.2) is 0 Å². The van der Waals surface area contributed by atoms with Crippen molar-refractivity contribution in [3.63, 3.8) is 0 Å². The van der Waals surface area contributed by atoms with Crippen LogP contribution in [-0.4, -0.2) is 12.6 Å². The first kappa shape index (κ1) is 41.7. The van der Waals surface area contributed by atoms with E-state index < -0.39 is 5.97 Å². The van der Waals surface area contributed by atoms with Crippen LogP contribution in [0.3, 0.4) is 0 Å². The van der Waals surface area contributed by atoms with E-state index in [9.17, 15) is 4.79 Å². The highest BCUT2D eigenvalue weighted by Gasteiger charge is 2.14. The van der Waals surface area contributed by atoms with Crippen LogP contribution in [0.5, 0.6) is 34.5 Å². The molecule has 0 unspecified atom stereocenters. The standard InChI is InChI=1S/C53H48O8/c1-2-3-24-55-53(54)46-29-51(60-38-44-25-47(56-34-40-16-8-4-9-17-40)31-48(26-44)57-35-41-18-10-5-11-19-41)33-52(30-46)61-39-45-27-49(58-36-42-20-12-6-13-21-42)32-50(28-45)59-37-43-22-14-7-15-23-43/h2,4-23,25-33H,1,3,24,34-39H2. The number of esters is 1. The molecule has 0 N–H and O–H groups in total. The summed E-state index contributed by atoms with van der Waals surface area (Å²) in [5.41, 5.74) is 6.08. The van der Waals surface area contributed by atoms with Crippen molar-refractivity contribution in [2.75, 3.05) is 6.61 Å². The number of ether oxygens (including phenoxy) is 7. The second kappa shape index (κ2) is 22.1. The predicted molar refractivity (Wildman–Crippen MR) is 236 cm³/mol. The molecular formula is C53H48O8. The third kappa shape index (κ3) is 13.5. The summed E-state index contributed by atoms with van der Waals surface area (Å²) in [6, 6.07) is 56.4. The fraction of sp³-hybridized carbons (Fsp3) is 0.151. The van der Waals surface area contributed by atoms with Crippen molar-refractivity contribution in [1.82, 2.24) is 0 Å². The van der Waals surface area contributed by atoms with Gasteiger partial charge in [-0.2, -0.15) is 0 Å². The molecule has 7 aromatic rings. The second-order valence-corrected chi connectivity index (χ2v) is 14.2. The van der Waals surface area contributed by atoms with Gasteiger partial charge in [0.25, 0.3) is 0 Å². The minimum Gasteiger partial charge on any atom is -0.489 e. The van der Waals surface area contributed by atoms with Gasteiger partial charge in [-0.1, -0.05) is 127 Å². The fourth-order valence-electron chi connectivity index (χ4n) is 6.23. The zero-order chi connectivity index (χ0) is 41.9. The Morgan fingerprint density at radius 1 is 0.377 bits per heavy atom. The van der Waals surface area contributed by atoms with Crippen molar-refractivity contribution in [3.8, 4) is 34.5 Å². The van der Waals surface area contributed by atoms with Crippen molar-refractivity contribution in [2.45, 2.75) is 46.1 Å². The van der Waals surface area contributed by atoms with Gasteiger partial charge in [0.1, 0.15) is 74.1 Å². The van der Waals surface area contributed by atoms with Crippen molar-refractivity contribution >= 4 is 5.97 Å². The van der Waals surface area contributed by atoms with Gasteiger partial charge in [0, 0.05) is 18.2 Å². The quantitative estimate of drug-likeness (QED) is 0.0380. The van der Waals surface area contributed by atoms with E-state index in [4.69, 9.17) is 33.2 Å². The molecule has 61 heavy (non-hydrogen) atoms. The molecule has 8 nitrogen and oxygen atoms in total. The molecule has 0 saturated carbocycles. The lowest BCUT2D eigenvalue weighted by Gasteiger charge is -2.16. The van der Waals surface area contributed by atoms with Crippen molar-refractivity contribution < 1.29 is 38.0 Å². The zero-order valence-corrected chi connectivity index (χ0v) is 34.0. The summed E-state index contributed by atoms with van der Waals surface area (Å²) in [4.78, 5) is 13.3. The van der Waals surface area contributed by atoms with Gasteiger partial charge in [-0.3, -0.25) is 0 Å². The molecule has 0 aliphatic heterocycles. The van der Waals surface area contributed by atoms with Crippen molar-refractivity contribution in [3.05, 3.63) is 228 Å². The maximum Gasteiger partial charge on any atom is 0.338 e. The minimum atomic E-state index is -0.502. The summed E-state index contributed by atoms with van der Waals surface area (Å²) in [6.07, 6.45) is 2.23. The SMILES string of the molecule is C=CCCOC(=O)c1cc(OCc2cc(OCc3ccccc3)cc(OCc3ccccc3)c2)cc(OCc2cc(OCc3ccccc3)cc(OCc3ccccc3)c2)c1. The van der Waals surface area contributed by atoms with Crippen LogP contribution < -0.4 is 28.4 Å². The van der Waals surface area contributed by atoms with E-state index >= 15 is 0 Å². The number of hydrogen-bond donors (Lipinski definition) is 0. The summed E-state index contributed by atoms with van der Waals surface area (Å²) >= 11 is 0. The Balaban J connectivity index is 1.10. The lowest BCUT2D eigenvalue weighted by atomic mass is 10.1. The van der Waals surface area contributed by atoms with Gasteiger partial charge < -0.3 is 33.2 Å². The monoisotopic (exact) mass is 812 g/mol. The molecular weight excluding hydrogens is 765 g/mol.